The van der Waals surface area contributed by atoms with Crippen LogP contribution in [0.15, 0.2) is 77.6 Å². The number of β-amino-alcohol motifs (C(OH)–C–C–N with tert-alkyl or cyclic N) is 1. The minimum absolute atomic E-state index is 0.0112. The fourth-order valence-electron chi connectivity index (χ4n) is 13.1. The van der Waals surface area contributed by atoms with Gasteiger partial charge in [-0.05, 0) is 111 Å². The number of phenols is 1. The van der Waals surface area contributed by atoms with Crippen molar-refractivity contribution < 1.29 is 37.8 Å². The number of aryl methyl sites for hydroxylation is 1. The first-order chi connectivity index (χ1) is 39.2. The molecule has 9 heterocycles. The Balaban J connectivity index is 0.644. The molecule has 5 aliphatic rings. The maximum Gasteiger partial charge on any atom is 0.319 e. The molecule has 2 unspecified atom stereocenters. The van der Waals surface area contributed by atoms with Gasteiger partial charge in [-0.1, -0.05) is 55.3 Å². The number of carbonyl (C=O) groups excluding carboxylic acids is 2. The van der Waals surface area contributed by atoms with E-state index in [-0.39, 0.29) is 88.3 Å². The molecule has 5 aliphatic heterocycles. The summed E-state index contributed by atoms with van der Waals surface area (Å²) in [4.78, 5) is 50.5. The number of terminal acetylenes is 1. The van der Waals surface area contributed by atoms with Crippen molar-refractivity contribution in [3.8, 4) is 46.6 Å². The number of benzene rings is 3. The summed E-state index contributed by atoms with van der Waals surface area (Å²) < 4.78 is 46.1. The van der Waals surface area contributed by atoms with E-state index in [2.05, 4.69) is 51.5 Å². The predicted octanol–water partition coefficient (Wildman–Crippen LogP) is 7.34. The van der Waals surface area contributed by atoms with Gasteiger partial charge in [0.15, 0.2) is 17.4 Å². The number of likely N-dealkylation sites (tertiary alicyclic amines) is 2. The van der Waals surface area contributed by atoms with Crippen molar-refractivity contribution in [1.29, 1.82) is 0 Å². The average Bonchev–Trinajstić information content (AvgIpc) is 4.36. The number of halogens is 2. The van der Waals surface area contributed by atoms with Crippen LogP contribution >= 0.6 is 0 Å². The van der Waals surface area contributed by atoms with Crippen LogP contribution in [-0.2, 0) is 16.6 Å². The third-order valence-corrected chi connectivity index (χ3v) is 17.4. The van der Waals surface area contributed by atoms with Crippen LogP contribution in [0.3, 0.4) is 0 Å². The molecule has 2 amide bonds. The van der Waals surface area contributed by atoms with Gasteiger partial charge in [-0.3, -0.25) is 24.2 Å². The molecule has 3 aromatic carbocycles. The zero-order chi connectivity index (χ0) is 56.2. The monoisotopic (exact) mass is 1100 g/mol. The highest BCUT2D eigenvalue weighted by atomic mass is 19.1. The molecule has 12 rings (SSSR count). The molecular formula is C61H68F2N12O6. The van der Waals surface area contributed by atoms with Crippen molar-refractivity contribution in [1.82, 2.24) is 50.3 Å². The van der Waals surface area contributed by atoms with Crippen molar-refractivity contribution in [3.63, 3.8) is 0 Å². The number of aliphatic hydroxyl groups excluding tert-OH is 1. The van der Waals surface area contributed by atoms with E-state index in [0.717, 1.165) is 75.1 Å². The Hall–Kier alpha value is -7.73. The number of nitrogens with zero attached hydrogens (tertiary/aromatic N) is 10. The fourth-order valence-corrected chi connectivity index (χ4v) is 13.1. The lowest BCUT2D eigenvalue weighted by Crippen LogP contribution is -2.51. The fraction of sp³-hybridized carbons (Fsp3) is 0.459. The highest BCUT2D eigenvalue weighted by molar-refractivity contribution is 6.03. The number of amides is 2. The van der Waals surface area contributed by atoms with E-state index in [9.17, 15) is 19.8 Å². The summed E-state index contributed by atoms with van der Waals surface area (Å²) in [7, 11) is 1.89. The van der Waals surface area contributed by atoms with Crippen LogP contribution in [0.1, 0.15) is 88.1 Å². The van der Waals surface area contributed by atoms with Crippen LogP contribution in [0.4, 0.5) is 20.4 Å². The topological polar surface area (TPSA) is 203 Å². The summed E-state index contributed by atoms with van der Waals surface area (Å²) in [5, 5.41) is 38.0. The summed E-state index contributed by atoms with van der Waals surface area (Å²) in [5.41, 5.74) is 2.89. The van der Waals surface area contributed by atoms with Gasteiger partial charge < -0.3 is 44.8 Å². The van der Waals surface area contributed by atoms with Gasteiger partial charge in [0.2, 0.25) is 11.8 Å². The zero-order valence-electron chi connectivity index (χ0n) is 46.1. The van der Waals surface area contributed by atoms with E-state index in [1.54, 1.807) is 17.1 Å². The number of hydrogen-bond donors (Lipinski definition) is 4. The minimum Gasteiger partial charge on any atom is -0.508 e. The molecule has 7 aromatic rings. The molecule has 20 heteroatoms. The van der Waals surface area contributed by atoms with E-state index >= 15 is 8.78 Å². The lowest BCUT2D eigenvalue weighted by molar-refractivity contribution is -0.141. The van der Waals surface area contributed by atoms with E-state index in [1.165, 1.54) is 29.2 Å². The number of anilines is 2. The van der Waals surface area contributed by atoms with E-state index in [1.807, 2.05) is 64.2 Å². The number of rotatable bonds is 16. The first kappa shape index (κ1) is 53.9. The van der Waals surface area contributed by atoms with Crippen LogP contribution < -0.4 is 25.2 Å². The molecule has 422 valence electrons. The number of aromatic nitrogens is 6. The first-order valence-corrected chi connectivity index (χ1v) is 28.4. The number of piperazine rings is 1. The molecule has 0 radical (unpaired) electrons. The van der Waals surface area contributed by atoms with E-state index < -0.39 is 29.7 Å². The molecule has 6 atom stereocenters. The average molecular weight is 1100 g/mol. The third-order valence-electron chi connectivity index (χ3n) is 17.4. The molecule has 4 aromatic heterocycles. The highest BCUT2D eigenvalue weighted by Gasteiger charge is 2.44. The number of phenolic OH excluding ortho intramolecular Hbond substituents is 1. The normalized spacial score (nSPS) is 21.4. The van der Waals surface area contributed by atoms with Gasteiger partial charge in [0, 0.05) is 94.2 Å². The van der Waals surface area contributed by atoms with Crippen LogP contribution in [0.2, 0.25) is 0 Å². The second-order valence-electron chi connectivity index (χ2n) is 23.3. The number of aliphatic hydroxyl groups is 1. The zero-order valence-corrected chi connectivity index (χ0v) is 46.1. The first-order valence-electron chi connectivity index (χ1n) is 28.4. The standard InChI is InChI=1S/C61H68F2N12O6/c1-6-45-48(62)14-11-40-24-43(76)25-46(54(40)45)56-55(63)57-47(28-64-56)58(74-31-41-12-13-42(32-74)67-41)69-61(68-57)80-22-21-72-19-16-36(17-20-72)23-37-29-73(30-37)52-27-51(81-70-52)53(34(2)3)60(79)75-33-44(77)26-50(75)59(78)66-35(4)38-7-9-39(10-8-38)49-15-18-65-71(49)5/h1,7-11,14-15,18,24-25,27-28,34-37,41-42,44,50,53,67,76-77H,12-13,16-17,19-23,26,29-33H2,2-5H3,(H,66,78)/t35-,41?,42?,44+,50-,53-/m0/s1. The van der Waals surface area contributed by atoms with Gasteiger partial charge in [0.25, 0.3) is 0 Å². The molecule has 4 N–H and O–H groups in total. The van der Waals surface area contributed by atoms with Gasteiger partial charge in [-0.15, -0.1) is 6.42 Å². The number of aromatic hydroxyl groups is 1. The molecular weight excluding hydrogens is 1030 g/mol. The molecule has 0 saturated carbocycles. The summed E-state index contributed by atoms with van der Waals surface area (Å²) in [5.74, 6) is 2.17. The molecule has 18 nitrogen and oxygen atoms in total. The number of hydrogen-bond acceptors (Lipinski definition) is 15. The molecule has 0 spiro atoms. The Labute approximate surface area is 468 Å². The number of fused-ring (bicyclic) bond motifs is 4. The number of ether oxygens (including phenoxy) is 1. The lowest BCUT2D eigenvalue weighted by atomic mass is 9.83. The Morgan fingerprint density at radius 1 is 0.938 bits per heavy atom. The number of pyridine rings is 1. The molecule has 5 fully saturated rings. The summed E-state index contributed by atoms with van der Waals surface area (Å²) in [6, 6.07) is 16.7. The third kappa shape index (κ3) is 10.7. The predicted molar refractivity (Wildman–Crippen MR) is 302 cm³/mol. The Kier molecular flexibility index (Phi) is 14.8. The largest absolute Gasteiger partial charge is 0.508 e. The Morgan fingerprint density at radius 2 is 1.70 bits per heavy atom. The van der Waals surface area contributed by atoms with Crippen LogP contribution in [0.25, 0.3) is 44.2 Å². The molecule has 0 aliphatic carbocycles. The smallest absolute Gasteiger partial charge is 0.319 e. The van der Waals surface area contributed by atoms with E-state index in [4.69, 9.17) is 20.7 Å². The minimum atomic E-state index is -0.832. The summed E-state index contributed by atoms with van der Waals surface area (Å²) in [6.07, 6.45) is 13.6. The van der Waals surface area contributed by atoms with Crippen molar-refractivity contribution in [3.05, 3.63) is 102 Å². The molecule has 5 saturated heterocycles. The summed E-state index contributed by atoms with van der Waals surface area (Å²) in [6.45, 7) is 11.7. The second-order valence-corrected chi connectivity index (χ2v) is 23.3. The van der Waals surface area contributed by atoms with Crippen LogP contribution in [0.5, 0.6) is 11.8 Å². The van der Waals surface area contributed by atoms with Gasteiger partial charge >= 0.3 is 6.01 Å². The van der Waals surface area contributed by atoms with Crippen molar-refractivity contribution in [2.24, 2.45) is 24.8 Å². The molecule has 81 heavy (non-hydrogen) atoms. The Morgan fingerprint density at radius 3 is 2.42 bits per heavy atom. The highest BCUT2D eigenvalue weighted by Crippen LogP contribution is 2.41. The van der Waals surface area contributed by atoms with E-state index in [0.29, 0.717) is 66.2 Å². The van der Waals surface area contributed by atoms with Gasteiger partial charge in [-0.25, -0.2) is 8.78 Å². The van der Waals surface area contributed by atoms with Gasteiger partial charge in [-0.2, -0.15) is 15.1 Å². The number of carbonyl (C=O) groups is 2. The lowest BCUT2D eigenvalue weighted by Gasteiger charge is -2.42. The SMILES string of the molecule is C#Cc1c(F)ccc2cc(O)cc(-c3ncc4c(N5CC6CCC(C5)N6)nc(OCCN5CCC(CC6CN(c7cc([C@@H](C(=O)N8C[C@H](O)C[C@H]8C(=O)N[C@@H](C)c8ccc(-c9ccnn9C)cc8)C(C)C)on7)C6)CC5)nc4c3F)c12. The van der Waals surface area contributed by atoms with Gasteiger partial charge in [0.1, 0.15) is 47.2 Å². The maximum atomic E-state index is 17.1. The van der Waals surface area contributed by atoms with Crippen molar-refractivity contribution in [2.75, 3.05) is 68.8 Å². The Bertz CT molecular complexity index is 3520. The van der Waals surface area contributed by atoms with Crippen molar-refractivity contribution in [2.45, 2.75) is 95.5 Å². The van der Waals surface area contributed by atoms with Crippen molar-refractivity contribution >= 4 is 45.1 Å². The van der Waals surface area contributed by atoms with Crippen LogP contribution in [-0.4, -0.2) is 145 Å². The quantitative estimate of drug-likeness (QED) is 0.0700. The summed E-state index contributed by atoms with van der Waals surface area (Å²) >= 11 is 0. The maximum absolute atomic E-state index is 17.1. The molecule has 2 bridgehead atoms. The number of nitrogens with one attached hydrogen (secondary N) is 2. The number of piperidine rings is 1. The van der Waals surface area contributed by atoms with Crippen LogP contribution in [0, 0.1) is 41.7 Å². The van der Waals surface area contributed by atoms with Gasteiger partial charge in [0.05, 0.1) is 28.8 Å². The second kappa shape index (κ2) is 22.3.